The number of hydrogen-bond acceptors (Lipinski definition) is 4. The molecule has 0 saturated carbocycles. The Hall–Kier alpha value is -2.15. The normalized spacial score (nSPS) is 12.5. The Morgan fingerprint density at radius 2 is 1.81 bits per heavy atom. The summed E-state index contributed by atoms with van der Waals surface area (Å²) >= 11 is 7.08. The third-order valence-corrected chi connectivity index (χ3v) is 7.62. The molecule has 3 rings (SSSR count). The molecule has 1 N–H and O–H groups in total. The molecule has 7 heteroatoms. The van der Waals surface area contributed by atoms with Crippen molar-refractivity contribution in [2.75, 3.05) is 6.54 Å². The van der Waals surface area contributed by atoms with Crippen LogP contribution in [0.15, 0.2) is 76.3 Å². The van der Waals surface area contributed by atoms with Crippen molar-refractivity contribution in [3.63, 3.8) is 0 Å². The zero-order valence-electron chi connectivity index (χ0n) is 13.6. The number of carbonyl (C=O) groups excluding carboxylic acids is 1. The minimum Gasteiger partial charge on any atom is -0.350 e. The van der Waals surface area contributed by atoms with Gasteiger partial charge < -0.3 is 5.32 Å². The molecule has 0 aliphatic rings. The summed E-state index contributed by atoms with van der Waals surface area (Å²) in [6.45, 7) is -0.0321. The topological polar surface area (TPSA) is 63.2 Å². The van der Waals surface area contributed by atoms with Gasteiger partial charge in [-0.1, -0.05) is 54.1 Å². The second-order valence-corrected chi connectivity index (χ2v) is 9.34. The molecular weight excluding hydrogens is 390 g/mol. The zero-order chi connectivity index (χ0) is 18.6. The predicted octanol–water partition coefficient (Wildman–Crippen LogP) is 4.35. The minimum absolute atomic E-state index is 0.0321. The Balaban J connectivity index is 1.87. The van der Waals surface area contributed by atoms with E-state index in [1.54, 1.807) is 66.0 Å². The van der Waals surface area contributed by atoms with Gasteiger partial charge in [-0.2, -0.15) is 0 Å². The summed E-state index contributed by atoms with van der Waals surface area (Å²) in [7, 11) is -3.62. The van der Waals surface area contributed by atoms with E-state index >= 15 is 0 Å². The molecule has 0 radical (unpaired) electrons. The number of halogens is 1. The third-order valence-electron chi connectivity index (χ3n) is 3.86. The van der Waals surface area contributed by atoms with Gasteiger partial charge >= 0.3 is 0 Å². The molecule has 1 heterocycles. The quantitative estimate of drug-likeness (QED) is 0.663. The van der Waals surface area contributed by atoms with Gasteiger partial charge in [0.05, 0.1) is 0 Å². The van der Waals surface area contributed by atoms with Gasteiger partial charge in [0.15, 0.2) is 9.84 Å². The third kappa shape index (κ3) is 4.15. The maximum absolute atomic E-state index is 13.0. The largest absolute Gasteiger partial charge is 0.350 e. The predicted molar refractivity (Wildman–Crippen MR) is 104 cm³/mol. The van der Waals surface area contributed by atoms with Gasteiger partial charge in [-0.05, 0) is 35.2 Å². The van der Waals surface area contributed by atoms with Gasteiger partial charge in [0.2, 0.25) is 0 Å². The van der Waals surface area contributed by atoms with Crippen molar-refractivity contribution >= 4 is 38.7 Å². The first-order chi connectivity index (χ1) is 12.5. The van der Waals surface area contributed by atoms with Gasteiger partial charge in [-0.15, -0.1) is 11.3 Å². The molecule has 3 aromatic rings. The van der Waals surface area contributed by atoms with Gasteiger partial charge in [0, 0.05) is 17.1 Å². The molecule has 0 aliphatic heterocycles. The first-order valence-electron chi connectivity index (χ1n) is 7.84. The van der Waals surface area contributed by atoms with E-state index in [4.69, 9.17) is 11.6 Å². The van der Waals surface area contributed by atoms with Gasteiger partial charge in [0.25, 0.3) is 5.91 Å². The van der Waals surface area contributed by atoms with E-state index in [0.29, 0.717) is 16.1 Å². The summed E-state index contributed by atoms with van der Waals surface area (Å²) < 4.78 is 26.4. The van der Waals surface area contributed by atoms with Crippen molar-refractivity contribution < 1.29 is 13.2 Å². The van der Waals surface area contributed by atoms with Crippen LogP contribution in [0, 0.1) is 0 Å². The van der Waals surface area contributed by atoms with E-state index in [2.05, 4.69) is 5.32 Å². The monoisotopic (exact) mass is 405 g/mol. The smallest absolute Gasteiger partial charge is 0.251 e. The fourth-order valence-electron chi connectivity index (χ4n) is 2.56. The first kappa shape index (κ1) is 18.6. The van der Waals surface area contributed by atoms with Crippen LogP contribution in [0.25, 0.3) is 0 Å². The summed E-state index contributed by atoms with van der Waals surface area (Å²) in [5, 5.41) is 4.02. The Kier molecular flexibility index (Phi) is 5.76. The van der Waals surface area contributed by atoms with Gasteiger partial charge in [-0.3, -0.25) is 4.79 Å². The van der Waals surface area contributed by atoms with E-state index in [0.717, 1.165) is 0 Å². The molecule has 0 bridgehead atoms. The summed E-state index contributed by atoms with van der Waals surface area (Å²) in [5.74, 6) is -0.366. The van der Waals surface area contributed by atoms with E-state index < -0.39 is 15.1 Å². The molecule has 1 atom stereocenters. The fourth-order valence-corrected chi connectivity index (χ4v) is 5.61. The number of carbonyl (C=O) groups is 1. The number of benzene rings is 2. The van der Waals surface area contributed by atoms with Crippen LogP contribution in [-0.4, -0.2) is 20.9 Å². The van der Waals surface area contributed by atoms with Crippen molar-refractivity contribution in [2.45, 2.75) is 9.46 Å². The Morgan fingerprint density at radius 1 is 1.04 bits per heavy atom. The van der Waals surface area contributed by atoms with E-state index in [9.17, 15) is 13.2 Å². The molecule has 0 aliphatic carbocycles. The van der Waals surface area contributed by atoms with Crippen LogP contribution in [0.5, 0.6) is 0 Å². The fraction of sp³-hybridized carbons (Fsp3) is 0.105. The molecule has 0 spiro atoms. The minimum atomic E-state index is -3.62. The van der Waals surface area contributed by atoms with Crippen LogP contribution in [0.2, 0.25) is 5.02 Å². The summed E-state index contributed by atoms with van der Waals surface area (Å²) in [4.78, 5) is 12.4. The summed E-state index contributed by atoms with van der Waals surface area (Å²) in [6, 6.07) is 18.7. The average Bonchev–Trinajstić information content (AvgIpc) is 3.18. The Morgan fingerprint density at radius 3 is 2.46 bits per heavy atom. The van der Waals surface area contributed by atoms with Crippen LogP contribution >= 0.6 is 22.9 Å². The first-order valence-corrected chi connectivity index (χ1v) is 10.6. The lowest BCUT2D eigenvalue weighted by Gasteiger charge is -2.18. The highest BCUT2D eigenvalue weighted by Gasteiger charge is 2.30. The Bertz CT molecular complexity index is 987. The van der Waals surface area contributed by atoms with Crippen LogP contribution in [0.1, 0.15) is 21.2 Å². The molecule has 2 aromatic carbocycles. The highest BCUT2D eigenvalue weighted by atomic mass is 35.5. The highest BCUT2D eigenvalue weighted by Crippen LogP contribution is 2.31. The summed E-state index contributed by atoms with van der Waals surface area (Å²) in [5.41, 5.74) is 1.02. The molecule has 134 valence electrons. The van der Waals surface area contributed by atoms with Crippen molar-refractivity contribution in [3.05, 3.63) is 88.3 Å². The second-order valence-electron chi connectivity index (χ2n) is 5.60. The molecule has 4 nitrogen and oxygen atoms in total. The standard InChI is InChI=1S/C19H16ClNO3S2/c20-16-9-4-8-15(12-16)19(22)21-13-17(14-6-2-1-3-7-14)26(23,24)18-10-5-11-25-18/h1-12,17H,13H2,(H,21,22)/t17-/m0/s1. The maximum atomic E-state index is 13.0. The maximum Gasteiger partial charge on any atom is 0.251 e. The highest BCUT2D eigenvalue weighted by molar-refractivity contribution is 7.93. The molecule has 0 saturated heterocycles. The van der Waals surface area contributed by atoms with Crippen LogP contribution < -0.4 is 5.32 Å². The lowest BCUT2D eigenvalue weighted by atomic mass is 10.1. The van der Waals surface area contributed by atoms with E-state index in [-0.39, 0.29) is 16.7 Å². The molecule has 1 aromatic heterocycles. The van der Waals surface area contributed by atoms with Crippen molar-refractivity contribution in [1.29, 1.82) is 0 Å². The number of rotatable bonds is 6. The van der Waals surface area contributed by atoms with Gasteiger partial charge in [-0.25, -0.2) is 8.42 Å². The van der Waals surface area contributed by atoms with Crippen LogP contribution in [-0.2, 0) is 9.84 Å². The Labute approximate surface area is 161 Å². The number of amides is 1. The SMILES string of the molecule is O=C(NC[C@@H](c1ccccc1)S(=O)(=O)c1cccs1)c1cccc(Cl)c1. The number of hydrogen-bond donors (Lipinski definition) is 1. The van der Waals surface area contributed by atoms with E-state index in [1.807, 2.05) is 6.07 Å². The van der Waals surface area contributed by atoms with Crippen molar-refractivity contribution in [2.24, 2.45) is 0 Å². The lowest BCUT2D eigenvalue weighted by molar-refractivity contribution is 0.0953. The summed E-state index contributed by atoms with van der Waals surface area (Å²) in [6.07, 6.45) is 0. The molecule has 0 fully saturated rings. The lowest BCUT2D eigenvalue weighted by Crippen LogP contribution is -2.31. The zero-order valence-corrected chi connectivity index (χ0v) is 16.0. The van der Waals surface area contributed by atoms with Crippen LogP contribution in [0.3, 0.4) is 0 Å². The molecule has 0 unspecified atom stereocenters. The second kappa shape index (κ2) is 8.03. The van der Waals surface area contributed by atoms with Crippen molar-refractivity contribution in [1.82, 2.24) is 5.32 Å². The van der Waals surface area contributed by atoms with Crippen molar-refractivity contribution in [3.8, 4) is 0 Å². The number of nitrogens with one attached hydrogen (secondary N) is 1. The molecular formula is C19H16ClNO3S2. The van der Waals surface area contributed by atoms with E-state index in [1.165, 1.54) is 11.3 Å². The van der Waals surface area contributed by atoms with Crippen LogP contribution in [0.4, 0.5) is 0 Å². The molecule has 1 amide bonds. The number of sulfone groups is 1. The average molecular weight is 406 g/mol. The number of thiophene rings is 1. The van der Waals surface area contributed by atoms with Gasteiger partial charge in [0.1, 0.15) is 9.46 Å². The molecule has 26 heavy (non-hydrogen) atoms.